The smallest absolute Gasteiger partial charge is 0.212 e. The molecule has 96 valence electrons. The summed E-state index contributed by atoms with van der Waals surface area (Å²) in [6, 6.07) is 5.46. The van der Waals surface area contributed by atoms with Crippen molar-refractivity contribution in [1.29, 1.82) is 0 Å². The van der Waals surface area contributed by atoms with Crippen LogP contribution >= 0.6 is 15.9 Å². The van der Waals surface area contributed by atoms with Gasteiger partial charge in [-0.1, -0.05) is 28.9 Å². The maximum atomic E-state index is 11.8. The Kier molecular flexibility index (Phi) is 6.08. The molecule has 1 rings (SSSR count). The normalized spacial score (nSPS) is 13.5. The van der Waals surface area contributed by atoms with Gasteiger partial charge in [0.15, 0.2) is 0 Å². The first-order valence-electron chi connectivity index (χ1n) is 5.53. The highest BCUT2D eigenvalue weighted by Gasteiger charge is 2.15. The summed E-state index contributed by atoms with van der Waals surface area (Å²) in [6.07, 6.45) is 2.88. The summed E-state index contributed by atoms with van der Waals surface area (Å²) in [6.45, 7) is 1.95. The number of alkyl halides is 1. The van der Waals surface area contributed by atoms with Gasteiger partial charge in [0.05, 0.1) is 5.75 Å². The van der Waals surface area contributed by atoms with Crippen LogP contribution in [0.25, 0.3) is 0 Å². The molecule has 1 unspecified atom stereocenters. The number of hydrogen-bond donors (Lipinski definition) is 1. The van der Waals surface area contributed by atoms with Crippen molar-refractivity contribution in [2.75, 3.05) is 11.1 Å². The number of aromatic nitrogens is 1. The molecule has 1 aromatic heterocycles. The number of aryl methyl sites for hydroxylation is 1. The first-order chi connectivity index (χ1) is 8.07. The Morgan fingerprint density at radius 1 is 1.47 bits per heavy atom. The quantitative estimate of drug-likeness (QED) is 0.778. The van der Waals surface area contributed by atoms with E-state index in [1.165, 1.54) is 0 Å². The topological polar surface area (TPSA) is 59.1 Å². The monoisotopic (exact) mass is 320 g/mol. The van der Waals surface area contributed by atoms with E-state index in [0.717, 1.165) is 12.1 Å². The van der Waals surface area contributed by atoms with Gasteiger partial charge >= 0.3 is 0 Å². The predicted molar refractivity (Wildman–Crippen MR) is 72.7 cm³/mol. The minimum atomic E-state index is -3.22. The average molecular weight is 321 g/mol. The van der Waals surface area contributed by atoms with Crippen molar-refractivity contribution in [1.82, 2.24) is 9.71 Å². The molecule has 0 saturated carbocycles. The summed E-state index contributed by atoms with van der Waals surface area (Å²) >= 11 is 3.29. The molecule has 1 N–H and O–H groups in total. The van der Waals surface area contributed by atoms with Gasteiger partial charge in [0.25, 0.3) is 0 Å². The van der Waals surface area contributed by atoms with Gasteiger partial charge in [0.2, 0.25) is 10.0 Å². The van der Waals surface area contributed by atoms with Crippen molar-refractivity contribution in [2.24, 2.45) is 0 Å². The van der Waals surface area contributed by atoms with Crippen LogP contribution in [0.4, 0.5) is 0 Å². The van der Waals surface area contributed by atoms with E-state index in [9.17, 15) is 8.42 Å². The van der Waals surface area contributed by atoms with E-state index in [-0.39, 0.29) is 11.8 Å². The second-order valence-electron chi connectivity index (χ2n) is 3.77. The maximum absolute atomic E-state index is 11.8. The molecule has 4 nitrogen and oxygen atoms in total. The van der Waals surface area contributed by atoms with Crippen molar-refractivity contribution in [3.05, 3.63) is 30.1 Å². The predicted octanol–water partition coefficient (Wildman–Crippen LogP) is 1.72. The molecule has 0 bridgehead atoms. The van der Waals surface area contributed by atoms with Crippen LogP contribution in [0.3, 0.4) is 0 Å². The van der Waals surface area contributed by atoms with Crippen LogP contribution in [0, 0.1) is 0 Å². The van der Waals surface area contributed by atoms with Gasteiger partial charge in [-0.25, -0.2) is 13.1 Å². The van der Waals surface area contributed by atoms with E-state index >= 15 is 0 Å². The van der Waals surface area contributed by atoms with Gasteiger partial charge < -0.3 is 0 Å². The van der Waals surface area contributed by atoms with Crippen LogP contribution in [0.15, 0.2) is 24.4 Å². The molecular weight excluding hydrogens is 304 g/mol. The largest absolute Gasteiger partial charge is 0.261 e. The number of rotatable bonds is 7. The zero-order valence-electron chi connectivity index (χ0n) is 9.77. The molecule has 6 heteroatoms. The number of nitrogens with zero attached hydrogens (tertiary/aromatic N) is 1. The van der Waals surface area contributed by atoms with E-state index < -0.39 is 10.0 Å². The molecule has 17 heavy (non-hydrogen) atoms. The third-order valence-corrected chi connectivity index (χ3v) is 4.59. The van der Waals surface area contributed by atoms with Crippen molar-refractivity contribution < 1.29 is 8.42 Å². The van der Waals surface area contributed by atoms with E-state index in [1.54, 1.807) is 6.20 Å². The van der Waals surface area contributed by atoms with E-state index in [2.05, 4.69) is 25.6 Å². The van der Waals surface area contributed by atoms with E-state index in [0.29, 0.717) is 11.8 Å². The number of halogens is 1. The highest BCUT2D eigenvalue weighted by Crippen LogP contribution is 2.02. The van der Waals surface area contributed by atoms with Crippen molar-refractivity contribution in [3.8, 4) is 0 Å². The Labute approximate surface area is 111 Å². The van der Waals surface area contributed by atoms with Crippen LogP contribution in [0.1, 0.15) is 19.0 Å². The SMILES string of the molecule is CCC(CBr)NS(=O)(=O)CCc1ccccn1. The molecule has 0 spiro atoms. The van der Waals surface area contributed by atoms with Gasteiger partial charge in [-0.3, -0.25) is 4.98 Å². The molecule has 1 atom stereocenters. The summed E-state index contributed by atoms with van der Waals surface area (Å²) in [4.78, 5) is 4.10. The second-order valence-corrected chi connectivity index (χ2v) is 6.29. The maximum Gasteiger partial charge on any atom is 0.212 e. The van der Waals surface area contributed by atoms with Crippen molar-refractivity contribution in [2.45, 2.75) is 25.8 Å². The third kappa shape index (κ3) is 5.61. The number of hydrogen-bond acceptors (Lipinski definition) is 3. The fraction of sp³-hybridized carbons (Fsp3) is 0.545. The Hall–Kier alpha value is -0.460. The molecule has 1 heterocycles. The van der Waals surface area contributed by atoms with Crippen molar-refractivity contribution in [3.63, 3.8) is 0 Å². The lowest BCUT2D eigenvalue weighted by Crippen LogP contribution is -2.37. The lowest BCUT2D eigenvalue weighted by atomic mass is 10.3. The van der Waals surface area contributed by atoms with Gasteiger partial charge in [0, 0.05) is 29.7 Å². The second kappa shape index (κ2) is 7.08. The van der Waals surface area contributed by atoms with Crippen LogP contribution in [-0.4, -0.2) is 30.5 Å². The lowest BCUT2D eigenvalue weighted by Gasteiger charge is -2.13. The van der Waals surface area contributed by atoms with E-state index in [4.69, 9.17) is 0 Å². The Morgan fingerprint density at radius 3 is 2.76 bits per heavy atom. The summed E-state index contributed by atoms with van der Waals surface area (Å²) < 4.78 is 26.2. The first kappa shape index (κ1) is 14.6. The highest BCUT2D eigenvalue weighted by molar-refractivity contribution is 9.09. The molecule has 0 saturated heterocycles. The van der Waals surface area contributed by atoms with Crippen LogP contribution in [0.2, 0.25) is 0 Å². The highest BCUT2D eigenvalue weighted by atomic mass is 79.9. The van der Waals surface area contributed by atoms with Crippen LogP contribution in [-0.2, 0) is 16.4 Å². The number of sulfonamides is 1. The molecule has 0 radical (unpaired) electrons. The molecular formula is C11H17BrN2O2S. The first-order valence-corrected chi connectivity index (χ1v) is 8.30. The minimum absolute atomic E-state index is 0.0382. The van der Waals surface area contributed by atoms with Gasteiger partial charge in [-0.05, 0) is 18.6 Å². The molecule has 0 aliphatic rings. The molecule has 1 aromatic rings. The molecule has 0 fully saturated rings. The molecule has 0 aromatic carbocycles. The molecule has 0 aliphatic heterocycles. The summed E-state index contributed by atoms with van der Waals surface area (Å²) in [5.41, 5.74) is 0.796. The minimum Gasteiger partial charge on any atom is -0.261 e. The average Bonchev–Trinajstić information content (AvgIpc) is 2.35. The van der Waals surface area contributed by atoms with Crippen LogP contribution in [0.5, 0.6) is 0 Å². The van der Waals surface area contributed by atoms with Gasteiger partial charge in [-0.2, -0.15) is 0 Å². The van der Waals surface area contributed by atoms with Crippen LogP contribution < -0.4 is 4.72 Å². The summed E-state index contributed by atoms with van der Waals surface area (Å²) in [5, 5.41) is 0.631. The third-order valence-electron chi connectivity index (χ3n) is 2.38. The fourth-order valence-electron chi connectivity index (χ4n) is 1.32. The van der Waals surface area contributed by atoms with E-state index in [1.807, 2.05) is 25.1 Å². The zero-order valence-corrected chi connectivity index (χ0v) is 12.2. The molecule has 0 amide bonds. The Balaban J connectivity index is 2.50. The standard InChI is InChI=1S/C11H17BrN2O2S/c1-2-10(9-12)14-17(15,16)8-6-11-5-3-4-7-13-11/h3-5,7,10,14H,2,6,8-9H2,1H3. The fourth-order valence-corrected chi connectivity index (χ4v) is 3.51. The Morgan fingerprint density at radius 2 is 2.24 bits per heavy atom. The van der Waals surface area contributed by atoms with Crippen molar-refractivity contribution >= 4 is 26.0 Å². The van der Waals surface area contributed by atoms with Gasteiger partial charge in [-0.15, -0.1) is 0 Å². The summed E-state index contributed by atoms with van der Waals surface area (Å²) in [5.74, 6) is 0.0769. The Bertz CT molecular complexity index is 418. The number of pyridine rings is 1. The molecule has 0 aliphatic carbocycles. The summed E-state index contributed by atoms with van der Waals surface area (Å²) in [7, 11) is -3.22. The number of nitrogens with one attached hydrogen (secondary N) is 1. The van der Waals surface area contributed by atoms with Gasteiger partial charge in [0.1, 0.15) is 0 Å². The lowest BCUT2D eigenvalue weighted by molar-refractivity contribution is 0.558. The zero-order chi connectivity index (χ0) is 12.7.